The van der Waals surface area contributed by atoms with Crippen molar-refractivity contribution >= 4 is 23.2 Å². The second-order valence-electron chi connectivity index (χ2n) is 30.7. The van der Waals surface area contributed by atoms with Crippen LogP contribution in [0.3, 0.4) is 0 Å². The van der Waals surface area contributed by atoms with Crippen LogP contribution in [0.5, 0.6) is 35.3 Å². The Morgan fingerprint density at radius 2 is 0.566 bits per heavy atom. The second-order valence-corrected chi connectivity index (χ2v) is 31.4. The monoisotopic (exact) mass is 2480 g/mol. The first-order chi connectivity index (χ1) is 67.1. The van der Waals surface area contributed by atoms with Gasteiger partial charge in [-0.1, -0.05) is 93.6 Å². The number of aryl methyl sites for hydroxylation is 10. The summed E-state index contributed by atoms with van der Waals surface area (Å²) in [5.41, 5.74) is 12.4. The maximum atomic E-state index is 13.4. The fraction of sp³-hybridized carbons (Fsp3) is 0.294. The summed E-state index contributed by atoms with van der Waals surface area (Å²) in [5.74, 6) is -1.000. The molecule has 2 saturated carbocycles. The van der Waals surface area contributed by atoms with Crippen molar-refractivity contribution in [3.8, 4) is 69.4 Å². The van der Waals surface area contributed by atoms with Gasteiger partial charge in [-0.3, -0.25) is 0 Å². The molecule has 0 bridgehead atoms. The van der Waals surface area contributed by atoms with Crippen molar-refractivity contribution in [3.63, 3.8) is 0 Å². The SMILES string of the molecule is CCc1cccc(-n2nnn(C)c2=O)c1COc1cc(Cl)[n-]n1.CCc1cccc(-n2nnn(C)c2=O)c1COc1cc(F)[n-]n1.CCc1cccc(-n2nnn(C)c2=O)c1COc1n[n-]cc1F.Cc1cccc(-n2nnn(C)c2=O)c1COc1cc(F)[n-]n1.Cn1nnn(-c2cccc(C3CC3)c2COc2cc(Cl)[n-]n2)c1=O.Cn1nnn(-c2cccc(C3CC3)c2COc2cc(F)[n-]n2)c1=O.[Y].[Y].[Y].[Y].[Y].[Y]. The van der Waals surface area contributed by atoms with Crippen molar-refractivity contribution in [2.75, 3.05) is 0 Å². The third-order valence-corrected chi connectivity index (χ3v) is 21.9. The van der Waals surface area contributed by atoms with Gasteiger partial charge in [-0.2, -0.15) is 56.2 Å². The summed E-state index contributed by atoms with van der Waals surface area (Å²) in [5, 5.41) is 88.7. The van der Waals surface area contributed by atoms with Gasteiger partial charge in [-0.05, 0) is 218 Å². The van der Waals surface area contributed by atoms with Crippen molar-refractivity contribution in [1.29, 1.82) is 0 Å². The fourth-order valence-corrected chi connectivity index (χ4v) is 14.4. The molecule has 0 unspecified atom stereocenters. The predicted octanol–water partition coefficient (Wildman–Crippen LogP) is 4.98. The Balaban J connectivity index is 0.000000192. The third-order valence-electron chi connectivity index (χ3n) is 21.5. The van der Waals surface area contributed by atoms with Crippen LogP contribution in [0.15, 0.2) is 174 Å². The minimum atomic E-state index is -0.704. The van der Waals surface area contributed by atoms with Crippen LogP contribution >= 0.6 is 23.2 Å². The van der Waals surface area contributed by atoms with Gasteiger partial charge in [0.2, 0.25) is 5.88 Å². The number of aromatic nitrogens is 36. The molecule has 18 aromatic rings. The van der Waals surface area contributed by atoms with Gasteiger partial charge in [0.15, 0.2) is 35.2 Å². The number of rotatable bonds is 29. The molecule has 0 aliphatic heterocycles. The van der Waals surface area contributed by atoms with Gasteiger partial charge >= 0.3 is 34.1 Å². The molecule has 12 aromatic heterocycles. The van der Waals surface area contributed by atoms with E-state index in [1.165, 1.54) is 71.7 Å². The molecule has 0 amide bonds. The minimum absolute atomic E-state index is 0. The maximum absolute atomic E-state index is 13.4. The molecule has 6 aromatic carbocycles. The van der Waals surface area contributed by atoms with E-state index in [4.69, 9.17) is 51.6 Å². The molecule has 0 saturated heterocycles. The van der Waals surface area contributed by atoms with E-state index >= 15 is 0 Å². The van der Waals surface area contributed by atoms with Crippen LogP contribution in [-0.4, -0.2) is 149 Å². The quantitative estimate of drug-likeness (QED) is 0.0558. The van der Waals surface area contributed by atoms with Gasteiger partial charge in [0, 0.05) is 308 Å². The Kier molecular flexibility index (Phi) is 44.8. The summed E-state index contributed by atoms with van der Waals surface area (Å²) in [7, 11) is 9.20. The number of hydrogen-bond acceptors (Lipinski definition) is 30. The normalized spacial score (nSPS) is 11.5. The van der Waals surface area contributed by atoms with Crippen LogP contribution in [-0.2, 0) is 297 Å². The molecule has 6 radical (unpaired) electrons. The Bertz CT molecular complexity index is 7430. The molecule has 2 aliphatic rings. The molecule has 2 aliphatic carbocycles. The van der Waals surface area contributed by atoms with E-state index < -0.39 is 23.7 Å². The Morgan fingerprint density at radius 3 is 0.807 bits per heavy atom. The van der Waals surface area contributed by atoms with E-state index in [9.17, 15) is 46.3 Å². The summed E-state index contributed by atoms with van der Waals surface area (Å²) >= 11 is 11.5. The average Bonchev–Trinajstić information content (AvgIpc) is 1.63. The first kappa shape index (κ1) is 118. The molecule has 0 N–H and O–H groups in total. The van der Waals surface area contributed by atoms with Gasteiger partial charge in [0.25, 0.3) is 0 Å². The average molecular weight is 2480 g/mol. The zero-order chi connectivity index (χ0) is 98.2. The second kappa shape index (κ2) is 55.0. The van der Waals surface area contributed by atoms with Crippen LogP contribution < -0.4 is 93.2 Å². The molecular weight excluding hydrogens is 2400 g/mol. The van der Waals surface area contributed by atoms with Gasteiger partial charge < -0.3 is 89.6 Å². The van der Waals surface area contributed by atoms with E-state index in [1.54, 1.807) is 56.6 Å². The molecule has 12 heterocycles. The van der Waals surface area contributed by atoms with Gasteiger partial charge in [0.1, 0.15) is 39.6 Å². The largest absolute Gasteiger partial charge is 0.576 e. The number of hydrogen-bond donors (Lipinski definition) is 0. The molecule has 0 spiro atoms. The van der Waals surface area contributed by atoms with E-state index in [1.807, 2.05) is 94.4 Å². The summed E-state index contributed by atoms with van der Waals surface area (Å²) in [6.45, 7) is 8.74. The summed E-state index contributed by atoms with van der Waals surface area (Å²) in [4.78, 5) is 72.7. The number of tetrazole rings is 6. The molecule has 2 fully saturated rings. The zero-order valence-corrected chi connectivity index (χ0v) is 97.5. The standard InChI is InChI=1S/C15H14ClN6O2.C15H14FN6O2.C14H14ClN6O2.2C14H14FN6O2.C13H12FN6O2.6Y/c2*1-21-15(23)22(20-19-21)12-4-2-3-10(9-5-6-9)11(12)8-24-14-7-13(16)17-18-14;1-3-9-5-4-6-11(21-14(22)20(2)18-19-21)10(9)8-23-13-7-12(15)16-17-13;1-3-9-5-4-6-12(21-14(22)20(2)18-19-21)10(9)8-23-13-11(15)7-16-17-13;1-3-9-5-4-6-11(21-14(22)20(2)18-19-21)10(9)8-23-13-7-12(15)16-17-13;1-8-4-3-5-10(20-13(21)19(2)17-18-20)9(8)7-22-12-6-11(14)15-16-12;;;;;;/h2*2-4,7,9H,5-6,8H2,1H3;3*4-7H,3,8H2,1-2H3;3-6H,7H2,1-2H3;;;;;;/q6*-1;;;;;;. The summed E-state index contributed by atoms with van der Waals surface area (Å²) in [6.07, 6.45) is 7.68. The van der Waals surface area contributed by atoms with E-state index in [2.05, 4.69) is 130 Å². The van der Waals surface area contributed by atoms with Crippen LogP contribution in [0.25, 0.3) is 34.1 Å². The summed E-state index contributed by atoms with van der Waals surface area (Å²) < 4.78 is 99.5. The predicted molar refractivity (Wildman–Crippen MR) is 478 cm³/mol. The molecule has 48 nitrogen and oxygen atoms in total. The van der Waals surface area contributed by atoms with Gasteiger partial charge in [0.05, 0.1) is 34.1 Å². The van der Waals surface area contributed by atoms with E-state index in [0.29, 0.717) is 57.7 Å². The minimum Gasteiger partial charge on any atom is -0.576 e. The number of benzene rings is 6. The van der Waals surface area contributed by atoms with Gasteiger partial charge in [-0.15, -0.1) is 29.4 Å². The van der Waals surface area contributed by atoms with Crippen LogP contribution in [0, 0.1) is 30.6 Å². The van der Waals surface area contributed by atoms with Crippen LogP contribution in [0.2, 0.25) is 10.3 Å². The Morgan fingerprint density at radius 1 is 0.317 bits per heavy atom. The smallest absolute Gasteiger partial charge is 0.368 e. The topological polar surface area (TPSA) is 534 Å². The van der Waals surface area contributed by atoms with Gasteiger partial charge in [-0.25, -0.2) is 46.3 Å². The Labute approximate surface area is 978 Å². The van der Waals surface area contributed by atoms with Crippen LogP contribution in [0.4, 0.5) is 17.6 Å². The molecule has 60 heteroatoms. The van der Waals surface area contributed by atoms with Crippen LogP contribution in [0.1, 0.15) is 125 Å². The maximum Gasteiger partial charge on any atom is 0.368 e. The van der Waals surface area contributed by atoms with Crippen molar-refractivity contribution in [2.24, 2.45) is 42.3 Å². The third kappa shape index (κ3) is 29.4. The molecule has 740 valence electrons. The zero-order valence-electron chi connectivity index (χ0n) is 78.9. The van der Waals surface area contributed by atoms with E-state index in [0.717, 1.165) is 155 Å². The first-order valence-electron chi connectivity index (χ1n) is 42.4. The van der Waals surface area contributed by atoms with E-state index in [-0.39, 0.29) is 304 Å². The fourth-order valence-electron chi connectivity index (χ4n) is 14.1. The first-order valence-corrected chi connectivity index (χ1v) is 43.2. The number of nitrogens with zero attached hydrogens (tertiary/aromatic N) is 36. The number of halogens is 6. The molecule has 20 rings (SSSR count). The number of ether oxygens (including phenoxy) is 6. The Hall–Kier alpha value is -10.5. The van der Waals surface area contributed by atoms with Crippen molar-refractivity contribution in [3.05, 3.63) is 309 Å². The van der Waals surface area contributed by atoms with Crippen molar-refractivity contribution in [1.82, 2.24) is 180 Å². The molecular formula is C85H82Cl2F4N36O12Y6-6. The molecule has 145 heavy (non-hydrogen) atoms. The summed E-state index contributed by atoms with van der Waals surface area (Å²) in [6, 6.07) is 40.0. The molecule has 0 atom stereocenters. The van der Waals surface area contributed by atoms with Crippen molar-refractivity contribution < 1.29 is 242 Å². The van der Waals surface area contributed by atoms with Crippen molar-refractivity contribution in [2.45, 2.75) is 124 Å².